The molecular formula is C16H17N5O3S. The Kier molecular flexibility index (Phi) is 4.77. The fourth-order valence-corrected chi connectivity index (χ4v) is 3.36. The molecule has 8 nitrogen and oxygen atoms in total. The van der Waals surface area contributed by atoms with Crippen molar-refractivity contribution in [3.63, 3.8) is 0 Å². The third-order valence-electron chi connectivity index (χ3n) is 3.60. The summed E-state index contributed by atoms with van der Waals surface area (Å²) < 4.78 is 29.4. The normalized spacial score (nSPS) is 11.6. The second kappa shape index (κ2) is 6.99. The van der Waals surface area contributed by atoms with Crippen molar-refractivity contribution in [3.8, 4) is 11.5 Å². The Hall–Kier alpha value is -2.78. The van der Waals surface area contributed by atoms with Gasteiger partial charge in [0, 0.05) is 19.8 Å². The van der Waals surface area contributed by atoms with Gasteiger partial charge in [0.1, 0.15) is 5.69 Å². The van der Waals surface area contributed by atoms with E-state index in [1.54, 1.807) is 49.6 Å². The summed E-state index contributed by atoms with van der Waals surface area (Å²) >= 11 is 0. The van der Waals surface area contributed by atoms with Crippen LogP contribution >= 0.6 is 0 Å². The van der Waals surface area contributed by atoms with Gasteiger partial charge >= 0.3 is 5.69 Å². The molecule has 130 valence electrons. The van der Waals surface area contributed by atoms with E-state index >= 15 is 0 Å². The Bertz CT molecular complexity index is 1010. The Morgan fingerprint density at radius 3 is 2.48 bits per heavy atom. The van der Waals surface area contributed by atoms with E-state index in [0.717, 1.165) is 0 Å². The molecule has 2 heterocycles. The van der Waals surface area contributed by atoms with Gasteiger partial charge in [-0.3, -0.25) is 9.55 Å². The van der Waals surface area contributed by atoms with Crippen LogP contribution in [0, 0.1) is 0 Å². The highest BCUT2D eigenvalue weighted by Crippen LogP contribution is 2.10. The van der Waals surface area contributed by atoms with E-state index < -0.39 is 10.0 Å². The largest absolute Gasteiger partial charge is 0.346 e. The molecule has 0 aliphatic carbocycles. The van der Waals surface area contributed by atoms with E-state index in [9.17, 15) is 13.2 Å². The zero-order chi connectivity index (χ0) is 17.9. The lowest BCUT2D eigenvalue weighted by Gasteiger charge is -2.06. The van der Waals surface area contributed by atoms with Crippen LogP contribution in [0.5, 0.6) is 0 Å². The summed E-state index contributed by atoms with van der Waals surface area (Å²) in [7, 11) is -2.01. The van der Waals surface area contributed by atoms with Gasteiger partial charge in [0.05, 0.1) is 11.4 Å². The van der Waals surface area contributed by atoms with Crippen LogP contribution in [0.3, 0.4) is 0 Å². The van der Waals surface area contributed by atoms with Crippen molar-refractivity contribution in [3.05, 3.63) is 65.2 Å². The first-order valence-electron chi connectivity index (χ1n) is 7.59. The number of aromatic nitrogens is 4. The maximum Gasteiger partial charge on any atom is 0.346 e. The zero-order valence-corrected chi connectivity index (χ0v) is 14.3. The lowest BCUT2D eigenvalue weighted by atomic mass is 10.3. The average molecular weight is 359 g/mol. The summed E-state index contributed by atoms with van der Waals surface area (Å²) in [5.41, 5.74) is 0.241. The molecule has 0 spiro atoms. The minimum Gasteiger partial charge on any atom is -0.277 e. The van der Waals surface area contributed by atoms with E-state index in [0.29, 0.717) is 11.5 Å². The lowest BCUT2D eigenvalue weighted by molar-refractivity contribution is 0.551. The summed E-state index contributed by atoms with van der Waals surface area (Å²) in [4.78, 5) is 16.6. The summed E-state index contributed by atoms with van der Waals surface area (Å²) in [6.45, 7) is 0.168. The van der Waals surface area contributed by atoms with E-state index in [2.05, 4.69) is 14.8 Å². The summed E-state index contributed by atoms with van der Waals surface area (Å²) in [6.07, 6.45) is 1.62. The third-order valence-corrected chi connectivity index (χ3v) is 5.08. The molecule has 1 aromatic carbocycles. The molecule has 9 heteroatoms. The van der Waals surface area contributed by atoms with Crippen LogP contribution < -0.4 is 10.4 Å². The van der Waals surface area contributed by atoms with Gasteiger partial charge in [0.15, 0.2) is 5.82 Å². The molecule has 2 aromatic heterocycles. The van der Waals surface area contributed by atoms with Crippen LogP contribution in [0.1, 0.15) is 0 Å². The Balaban J connectivity index is 1.74. The number of hydrogen-bond acceptors (Lipinski definition) is 5. The van der Waals surface area contributed by atoms with Crippen molar-refractivity contribution in [2.24, 2.45) is 7.05 Å². The summed E-state index contributed by atoms with van der Waals surface area (Å²) in [5.74, 6) is 0.427. The molecule has 25 heavy (non-hydrogen) atoms. The molecule has 0 fully saturated rings. The molecule has 3 rings (SSSR count). The molecule has 3 aromatic rings. The fraction of sp³-hybridized carbons (Fsp3) is 0.188. The quantitative estimate of drug-likeness (QED) is 0.696. The number of pyridine rings is 1. The van der Waals surface area contributed by atoms with Gasteiger partial charge in [0.25, 0.3) is 0 Å². The number of nitrogens with zero attached hydrogens (tertiary/aromatic N) is 4. The molecule has 0 saturated carbocycles. The van der Waals surface area contributed by atoms with Gasteiger partial charge in [-0.05, 0) is 24.3 Å². The Labute approximate surface area is 144 Å². The SMILES string of the molecule is Cn1c(-c2ccccn2)nn(CCNS(=O)(=O)c2ccccc2)c1=O. The van der Waals surface area contributed by atoms with Crippen LogP contribution in [0.2, 0.25) is 0 Å². The van der Waals surface area contributed by atoms with Crippen molar-refractivity contribution in [1.29, 1.82) is 0 Å². The molecule has 0 amide bonds. The van der Waals surface area contributed by atoms with Crippen molar-refractivity contribution in [2.75, 3.05) is 6.54 Å². The Morgan fingerprint density at radius 2 is 1.80 bits per heavy atom. The number of nitrogens with one attached hydrogen (secondary N) is 1. The van der Waals surface area contributed by atoms with Crippen LogP contribution in [0.4, 0.5) is 0 Å². The maximum absolute atomic E-state index is 12.2. The first-order chi connectivity index (χ1) is 12.0. The van der Waals surface area contributed by atoms with Gasteiger partial charge in [-0.2, -0.15) is 0 Å². The molecular weight excluding hydrogens is 342 g/mol. The van der Waals surface area contributed by atoms with Gasteiger partial charge in [-0.1, -0.05) is 24.3 Å². The minimum atomic E-state index is -3.61. The number of hydrogen-bond donors (Lipinski definition) is 1. The van der Waals surface area contributed by atoms with Crippen LogP contribution in [0.15, 0.2) is 64.4 Å². The molecule has 0 bridgehead atoms. The van der Waals surface area contributed by atoms with Crippen LogP contribution in [-0.2, 0) is 23.6 Å². The predicted molar refractivity (Wildman–Crippen MR) is 92.3 cm³/mol. The average Bonchev–Trinajstić information content (AvgIpc) is 2.92. The van der Waals surface area contributed by atoms with Gasteiger partial charge in [0.2, 0.25) is 10.0 Å². The second-order valence-corrected chi connectivity index (χ2v) is 7.08. The van der Waals surface area contributed by atoms with Crippen LogP contribution in [-0.4, -0.2) is 34.3 Å². The highest BCUT2D eigenvalue weighted by Gasteiger charge is 2.15. The Morgan fingerprint density at radius 1 is 1.08 bits per heavy atom. The number of rotatable bonds is 6. The van der Waals surface area contributed by atoms with Crippen molar-refractivity contribution in [1.82, 2.24) is 24.1 Å². The van der Waals surface area contributed by atoms with Gasteiger partial charge in [-0.25, -0.2) is 22.6 Å². The third kappa shape index (κ3) is 3.67. The van der Waals surface area contributed by atoms with E-state index in [-0.39, 0.29) is 23.7 Å². The zero-order valence-electron chi connectivity index (χ0n) is 13.5. The van der Waals surface area contributed by atoms with E-state index in [1.807, 2.05) is 0 Å². The smallest absolute Gasteiger partial charge is 0.277 e. The van der Waals surface area contributed by atoms with Gasteiger partial charge < -0.3 is 0 Å². The summed E-state index contributed by atoms with van der Waals surface area (Å²) in [5, 5.41) is 4.24. The molecule has 0 aliphatic heterocycles. The molecule has 0 saturated heterocycles. The minimum absolute atomic E-state index is 0.0514. The standard InChI is InChI=1S/C16H17N5O3S/c1-20-15(14-9-5-6-10-17-14)19-21(16(20)22)12-11-18-25(23,24)13-7-3-2-4-8-13/h2-10,18H,11-12H2,1H3. The predicted octanol–water partition coefficient (Wildman–Crippen LogP) is 0.622. The highest BCUT2D eigenvalue weighted by atomic mass is 32.2. The molecule has 0 aliphatic rings. The lowest BCUT2D eigenvalue weighted by Crippen LogP contribution is -2.31. The molecule has 0 radical (unpaired) electrons. The van der Waals surface area contributed by atoms with Crippen molar-refractivity contribution < 1.29 is 8.42 Å². The van der Waals surface area contributed by atoms with Crippen molar-refractivity contribution >= 4 is 10.0 Å². The molecule has 1 N–H and O–H groups in total. The molecule has 0 atom stereocenters. The number of sulfonamides is 1. The van der Waals surface area contributed by atoms with Crippen LogP contribution in [0.25, 0.3) is 11.5 Å². The number of benzene rings is 1. The molecule has 0 unspecified atom stereocenters. The van der Waals surface area contributed by atoms with Crippen molar-refractivity contribution in [2.45, 2.75) is 11.4 Å². The summed E-state index contributed by atoms with van der Waals surface area (Å²) in [6, 6.07) is 13.4. The van der Waals surface area contributed by atoms with E-state index in [4.69, 9.17) is 0 Å². The van der Waals surface area contributed by atoms with E-state index in [1.165, 1.54) is 21.4 Å². The monoisotopic (exact) mass is 359 g/mol. The highest BCUT2D eigenvalue weighted by molar-refractivity contribution is 7.89. The van der Waals surface area contributed by atoms with Gasteiger partial charge in [-0.15, -0.1) is 5.10 Å². The fourth-order valence-electron chi connectivity index (χ4n) is 2.32. The first-order valence-corrected chi connectivity index (χ1v) is 9.07. The maximum atomic E-state index is 12.2. The second-order valence-electron chi connectivity index (χ2n) is 5.31. The first kappa shape index (κ1) is 17.1. The topological polar surface area (TPSA) is 98.9 Å².